The van der Waals surface area contributed by atoms with E-state index in [1.54, 1.807) is 11.8 Å². The van der Waals surface area contributed by atoms with Crippen molar-refractivity contribution in [2.75, 3.05) is 25.9 Å². The van der Waals surface area contributed by atoms with E-state index in [-0.39, 0.29) is 0 Å². The Kier molecular flexibility index (Phi) is 7.53. The summed E-state index contributed by atoms with van der Waals surface area (Å²) in [5.74, 6) is -0.645. The van der Waals surface area contributed by atoms with Gasteiger partial charge in [-0.3, -0.25) is 14.5 Å². The molecule has 0 aliphatic carbocycles. The molecular weight excluding hydrogens is 346 g/mol. The molecule has 1 aromatic rings. The Labute approximate surface area is 161 Å². The predicted molar refractivity (Wildman–Crippen MR) is 107 cm³/mol. The molecule has 6 heteroatoms. The van der Waals surface area contributed by atoms with Crippen molar-refractivity contribution in [3.8, 4) is 0 Å². The first-order valence-electron chi connectivity index (χ1n) is 9.23. The maximum absolute atomic E-state index is 11.9. The van der Waals surface area contributed by atoms with Gasteiger partial charge < -0.3 is 10.6 Å². The predicted octanol–water partition coefficient (Wildman–Crippen LogP) is 2.65. The topological polar surface area (TPSA) is 61.4 Å². The van der Waals surface area contributed by atoms with Crippen molar-refractivity contribution in [2.45, 2.75) is 50.6 Å². The third-order valence-corrected chi connectivity index (χ3v) is 5.38. The molecular formula is C20H31N3O2S. The summed E-state index contributed by atoms with van der Waals surface area (Å²) in [6.45, 7) is 9.19. The molecule has 2 rings (SSSR count). The van der Waals surface area contributed by atoms with Crippen LogP contribution in [0.1, 0.15) is 39.2 Å². The molecule has 5 nitrogen and oxygen atoms in total. The van der Waals surface area contributed by atoms with Gasteiger partial charge in [0, 0.05) is 23.5 Å². The van der Waals surface area contributed by atoms with E-state index in [9.17, 15) is 9.59 Å². The van der Waals surface area contributed by atoms with Crippen LogP contribution in [0.15, 0.2) is 29.2 Å². The van der Waals surface area contributed by atoms with E-state index < -0.39 is 17.4 Å². The maximum atomic E-state index is 11.9. The van der Waals surface area contributed by atoms with E-state index in [4.69, 9.17) is 0 Å². The Balaban J connectivity index is 1.73. The number of carbonyl (C=O) groups excluding carboxylic acids is 2. The standard InChI is InChI=1S/C20H31N3O2S/c1-20(2,3)22-19(25)18(24)21-13-15-9-11-23(12-10-15)14-16-7-5-6-8-17(16)26-4/h5-8,15H,9-14H2,1-4H3,(H,21,24)(H,22,25). The molecule has 144 valence electrons. The fourth-order valence-electron chi connectivity index (χ4n) is 3.14. The van der Waals surface area contributed by atoms with E-state index in [0.717, 1.165) is 32.5 Å². The minimum absolute atomic E-state index is 0.396. The Morgan fingerprint density at radius 3 is 2.42 bits per heavy atom. The largest absolute Gasteiger partial charge is 0.348 e. The molecule has 1 fully saturated rings. The van der Waals surface area contributed by atoms with Crippen molar-refractivity contribution in [1.29, 1.82) is 0 Å². The third-order valence-electron chi connectivity index (χ3n) is 4.54. The summed E-state index contributed by atoms with van der Waals surface area (Å²) in [5, 5.41) is 5.48. The molecule has 0 saturated carbocycles. The lowest BCUT2D eigenvalue weighted by atomic mass is 9.96. The third kappa shape index (κ3) is 6.65. The molecule has 0 unspecified atom stereocenters. The summed E-state index contributed by atoms with van der Waals surface area (Å²) in [6.07, 6.45) is 4.20. The second-order valence-corrected chi connectivity index (χ2v) is 8.79. The van der Waals surface area contributed by atoms with Crippen molar-refractivity contribution in [3.05, 3.63) is 29.8 Å². The van der Waals surface area contributed by atoms with Gasteiger partial charge in [-0.15, -0.1) is 11.8 Å². The molecule has 2 N–H and O–H groups in total. The van der Waals surface area contributed by atoms with Crippen molar-refractivity contribution in [2.24, 2.45) is 5.92 Å². The molecule has 0 aromatic heterocycles. The van der Waals surface area contributed by atoms with Gasteiger partial charge >= 0.3 is 11.8 Å². The van der Waals surface area contributed by atoms with Gasteiger partial charge in [0.1, 0.15) is 0 Å². The molecule has 0 atom stereocenters. The number of amides is 2. The van der Waals surface area contributed by atoms with Crippen molar-refractivity contribution in [3.63, 3.8) is 0 Å². The van der Waals surface area contributed by atoms with Gasteiger partial charge in [-0.2, -0.15) is 0 Å². The van der Waals surface area contributed by atoms with Gasteiger partial charge in [-0.05, 0) is 70.5 Å². The number of benzene rings is 1. The number of thioether (sulfide) groups is 1. The minimum atomic E-state index is -0.552. The monoisotopic (exact) mass is 377 g/mol. The number of nitrogens with zero attached hydrogens (tertiary/aromatic N) is 1. The van der Waals surface area contributed by atoms with Crippen LogP contribution in [0.25, 0.3) is 0 Å². The first kappa shape index (κ1) is 20.8. The van der Waals surface area contributed by atoms with Gasteiger partial charge in [-0.25, -0.2) is 0 Å². The number of rotatable bonds is 5. The molecule has 0 spiro atoms. The first-order chi connectivity index (χ1) is 12.3. The summed E-state index contributed by atoms with van der Waals surface area (Å²) in [4.78, 5) is 27.5. The quantitative estimate of drug-likeness (QED) is 0.612. The smallest absolute Gasteiger partial charge is 0.309 e. The van der Waals surface area contributed by atoms with Crippen LogP contribution in [0.4, 0.5) is 0 Å². The Morgan fingerprint density at radius 2 is 1.81 bits per heavy atom. The fourth-order valence-corrected chi connectivity index (χ4v) is 3.75. The lowest BCUT2D eigenvalue weighted by Gasteiger charge is -2.32. The number of piperidine rings is 1. The van der Waals surface area contributed by atoms with Crippen LogP contribution in [0.5, 0.6) is 0 Å². The summed E-state index contributed by atoms with van der Waals surface area (Å²) in [6, 6.07) is 8.55. The summed E-state index contributed by atoms with van der Waals surface area (Å²) in [5.41, 5.74) is 0.984. The number of hydrogen-bond donors (Lipinski definition) is 2. The molecule has 26 heavy (non-hydrogen) atoms. The van der Waals surface area contributed by atoms with E-state index in [1.165, 1.54) is 10.5 Å². The molecule has 1 aromatic carbocycles. The number of nitrogens with one attached hydrogen (secondary N) is 2. The van der Waals surface area contributed by atoms with Crippen molar-refractivity contribution in [1.82, 2.24) is 15.5 Å². The number of carbonyl (C=O) groups is 2. The van der Waals surface area contributed by atoms with E-state index in [0.29, 0.717) is 12.5 Å². The van der Waals surface area contributed by atoms with Crippen LogP contribution in [-0.4, -0.2) is 48.1 Å². The highest BCUT2D eigenvalue weighted by molar-refractivity contribution is 7.98. The van der Waals surface area contributed by atoms with Crippen LogP contribution >= 0.6 is 11.8 Å². The lowest BCUT2D eigenvalue weighted by molar-refractivity contribution is -0.140. The lowest BCUT2D eigenvalue weighted by Crippen LogP contribution is -2.49. The highest BCUT2D eigenvalue weighted by Gasteiger charge is 2.23. The number of likely N-dealkylation sites (tertiary alicyclic amines) is 1. The van der Waals surface area contributed by atoms with Crippen molar-refractivity contribution < 1.29 is 9.59 Å². The summed E-state index contributed by atoms with van der Waals surface area (Å²) in [7, 11) is 0. The molecule has 1 heterocycles. The maximum Gasteiger partial charge on any atom is 0.309 e. The van der Waals surface area contributed by atoms with E-state index in [2.05, 4.69) is 46.1 Å². The zero-order valence-electron chi connectivity index (χ0n) is 16.3. The molecule has 1 saturated heterocycles. The van der Waals surface area contributed by atoms with Crippen molar-refractivity contribution >= 4 is 23.6 Å². The second kappa shape index (κ2) is 9.42. The van der Waals surface area contributed by atoms with Crippen LogP contribution in [0.3, 0.4) is 0 Å². The molecule has 0 bridgehead atoms. The summed E-state index contributed by atoms with van der Waals surface area (Å²) < 4.78 is 0. The van der Waals surface area contributed by atoms with Crippen LogP contribution < -0.4 is 10.6 Å². The fraction of sp³-hybridized carbons (Fsp3) is 0.600. The number of hydrogen-bond acceptors (Lipinski definition) is 4. The molecule has 1 aliphatic heterocycles. The normalized spacial score (nSPS) is 16.3. The second-order valence-electron chi connectivity index (χ2n) is 7.95. The van der Waals surface area contributed by atoms with Crippen LogP contribution in [0.2, 0.25) is 0 Å². The van der Waals surface area contributed by atoms with Gasteiger partial charge in [-0.1, -0.05) is 18.2 Å². The van der Waals surface area contributed by atoms with Crippen LogP contribution in [-0.2, 0) is 16.1 Å². The minimum Gasteiger partial charge on any atom is -0.348 e. The van der Waals surface area contributed by atoms with Crippen LogP contribution in [0, 0.1) is 5.92 Å². The Bertz CT molecular complexity index is 620. The first-order valence-corrected chi connectivity index (χ1v) is 10.5. The van der Waals surface area contributed by atoms with Gasteiger partial charge in [0.25, 0.3) is 0 Å². The van der Waals surface area contributed by atoms with E-state index in [1.807, 2.05) is 20.8 Å². The zero-order chi connectivity index (χ0) is 19.2. The molecule has 1 aliphatic rings. The Hall–Kier alpha value is -1.53. The van der Waals surface area contributed by atoms with E-state index >= 15 is 0 Å². The average Bonchev–Trinajstić information content (AvgIpc) is 2.60. The van der Waals surface area contributed by atoms with Gasteiger partial charge in [0.15, 0.2) is 0 Å². The highest BCUT2D eigenvalue weighted by Crippen LogP contribution is 2.24. The molecule has 0 radical (unpaired) electrons. The zero-order valence-corrected chi connectivity index (χ0v) is 17.1. The highest BCUT2D eigenvalue weighted by atomic mass is 32.2. The van der Waals surface area contributed by atoms with Gasteiger partial charge in [0.05, 0.1) is 0 Å². The van der Waals surface area contributed by atoms with Gasteiger partial charge in [0.2, 0.25) is 0 Å². The molecule has 2 amide bonds. The summed E-state index contributed by atoms with van der Waals surface area (Å²) >= 11 is 1.79. The Morgan fingerprint density at radius 1 is 1.15 bits per heavy atom. The average molecular weight is 378 g/mol. The SMILES string of the molecule is CSc1ccccc1CN1CCC(CNC(=O)C(=O)NC(C)(C)C)CC1.